The minimum absolute atomic E-state index is 0.0963. The molecule has 4 heteroatoms. The molecular weight excluding hydrogens is 250 g/mol. The van der Waals surface area contributed by atoms with E-state index in [-0.39, 0.29) is 6.10 Å². The van der Waals surface area contributed by atoms with Gasteiger partial charge in [-0.2, -0.15) is 4.98 Å². The molecule has 0 radical (unpaired) electrons. The van der Waals surface area contributed by atoms with Crippen LogP contribution in [0.3, 0.4) is 0 Å². The van der Waals surface area contributed by atoms with Crippen molar-refractivity contribution in [2.45, 2.75) is 32.3 Å². The Balaban J connectivity index is 1.87. The van der Waals surface area contributed by atoms with E-state index in [9.17, 15) is 0 Å². The highest BCUT2D eigenvalue weighted by atomic mass is 16.5. The second-order valence-corrected chi connectivity index (χ2v) is 5.09. The number of aryl methyl sites for hydroxylation is 2. The molecule has 20 heavy (non-hydrogen) atoms. The van der Waals surface area contributed by atoms with Gasteiger partial charge >= 0.3 is 0 Å². The fourth-order valence-corrected chi connectivity index (χ4v) is 2.71. The standard InChI is InChI=1S/C16H19N3O/c1-11-18-15(17-2)10-16(19-11)20-14-9-5-7-12-6-3-4-8-13(12)14/h3-4,6,8,10,14H,5,7,9H2,1-2H3,(H,17,18,19). The van der Waals surface area contributed by atoms with Gasteiger partial charge in [0.1, 0.15) is 17.7 Å². The number of aromatic nitrogens is 2. The molecule has 0 saturated heterocycles. The molecule has 1 aromatic heterocycles. The number of hydrogen-bond acceptors (Lipinski definition) is 4. The molecule has 0 fully saturated rings. The van der Waals surface area contributed by atoms with Gasteiger partial charge in [0.15, 0.2) is 0 Å². The van der Waals surface area contributed by atoms with Crippen molar-refractivity contribution >= 4 is 5.82 Å². The molecule has 0 aliphatic heterocycles. The maximum atomic E-state index is 6.11. The third kappa shape index (κ3) is 2.59. The topological polar surface area (TPSA) is 47.0 Å². The number of hydrogen-bond donors (Lipinski definition) is 1. The van der Waals surface area contributed by atoms with Gasteiger partial charge in [-0.1, -0.05) is 24.3 Å². The summed E-state index contributed by atoms with van der Waals surface area (Å²) in [4.78, 5) is 8.66. The van der Waals surface area contributed by atoms with E-state index >= 15 is 0 Å². The van der Waals surface area contributed by atoms with E-state index in [1.807, 2.05) is 20.0 Å². The molecule has 1 aromatic carbocycles. The van der Waals surface area contributed by atoms with Gasteiger partial charge in [-0.05, 0) is 37.3 Å². The lowest BCUT2D eigenvalue weighted by Gasteiger charge is -2.25. The van der Waals surface area contributed by atoms with Crippen molar-refractivity contribution in [3.05, 3.63) is 47.3 Å². The van der Waals surface area contributed by atoms with Gasteiger partial charge in [0.2, 0.25) is 5.88 Å². The van der Waals surface area contributed by atoms with E-state index in [4.69, 9.17) is 4.74 Å². The maximum absolute atomic E-state index is 6.11. The smallest absolute Gasteiger partial charge is 0.219 e. The van der Waals surface area contributed by atoms with Gasteiger partial charge in [-0.3, -0.25) is 0 Å². The molecule has 1 unspecified atom stereocenters. The van der Waals surface area contributed by atoms with Crippen molar-refractivity contribution in [1.29, 1.82) is 0 Å². The van der Waals surface area contributed by atoms with E-state index in [0.29, 0.717) is 5.88 Å². The number of fused-ring (bicyclic) bond motifs is 1. The summed E-state index contributed by atoms with van der Waals surface area (Å²) in [6, 6.07) is 10.4. The minimum atomic E-state index is 0.0963. The first kappa shape index (κ1) is 12.9. The first-order valence-corrected chi connectivity index (χ1v) is 7.04. The molecule has 2 aromatic rings. The van der Waals surface area contributed by atoms with Crippen molar-refractivity contribution in [1.82, 2.24) is 9.97 Å². The molecule has 0 spiro atoms. The second kappa shape index (κ2) is 5.49. The SMILES string of the molecule is CNc1cc(OC2CCCc3ccccc32)nc(C)n1. The lowest BCUT2D eigenvalue weighted by Crippen LogP contribution is -2.16. The Labute approximate surface area is 119 Å². The summed E-state index contributed by atoms with van der Waals surface area (Å²) in [7, 11) is 1.85. The Morgan fingerprint density at radius 1 is 1.25 bits per heavy atom. The lowest BCUT2D eigenvalue weighted by atomic mass is 9.89. The third-order valence-corrected chi connectivity index (χ3v) is 3.65. The average Bonchev–Trinajstić information content (AvgIpc) is 2.47. The van der Waals surface area contributed by atoms with Crippen molar-refractivity contribution in [2.24, 2.45) is 0 Å². The highest BCUT2D eigenvalue weighted by Gasteiger charge is 2.21. The molecule has 0 amide bonds. The molecule has 1 aliphatic carbocycles. The zero-order chi connectivity index (χ0) is 13.9. The van der Waals surface area contributed by atoms with Crippen molar-refractivity contribution in [2.75, 3.05) is 12.4 Å². The van der Waals surface area contributed by atoms with Gasteiger partial charge in [0.25, 0.3) is 0 Å². The van der Waals surface area contributed by atoms with Gasteiger partial charge < -0.3 is 10.1 Å². The van der Waals surface area contributed by atoms with Gasteiger partial charge in [0, 0.05) is 13.1 Å². The van der Waals surface area contributed by atoms with E-state index < -0.39 is 0 Å². The molecule has 3 rings (SSSR count). The monoisotopic (exact) mass is 269 g/mol. The normalized spacial score (nSPS) is 17.4. The van der Waals surface area contributed by atoms with Gasteiger partial charge in [-0.25, -0.2) is 4.98 Å². The summed E-state index contributed by atoms with van der Waals surface area (Å²) in [6.45, 7) is 1.88. The number of ether oxygens (including phenoxy) is 1. The maximum Gasteiger partial charge on any atom is 0.219 e. The Morgan fingerprint density at radius 3 is 2.95 bits per heavy atom. The molecule has 1 N–H and O–H groups in total. The van der Waals surface area contributed by atoms with Crippen LogP contribution >= 0.6 is 0 Å². The molecule has 1 atom stereocenters. The van der Waals surface area contributed by atoms with Crippen LogP contribution in [0.15, 0.2) is 30.3 Å². The van der Waals surface area contributed by atoms with Crippen LogP contribution in [0.25, 0.3) is 0 Å². The zero-order valence-corrected chi connectivity index (χ0v) is 11.9. The van der Waals surface area contributed by atoms with Crippen LogP contribution in [0.1, 0.15) is 35.9 Å². The predicted octanol–water partition coefficient (Wildman–Crippen LogP) is 3.28. The Bertz CT molecular complexity index is 612. The summed E-state index contributed by atoms with van der Waals surface area (Å²) in [5.74, 6) is 2.15. The number of nitrogens with one attached hydrogen (secondary N) is 1. The summed E-state index contributed by atoms with van der Waals surface area (Å²) >= 11 is 0. The third-order valence-electron chi connectivity index (χ3n) is 3.65. The van der Waals surface area contributed by atoms with Crippen molar-refractivity contribution < 1.29 is 4.74 Å². The van der Waals surface area contributed by atoms with Crippen LogP contribution in [0.5, 0.6) is 5.88 Å². The predicted molar refractivity (Wildman–Crippen MR) is 79.1 cm³/mol. The van der Waals surface area contributed by atoms with E-state index in [0.717, 1.165) is 30.9 Å². The summed E-state index contributed by atoms with van der Waals surface area (Å²) in [5, 5.41) is 3.03. The van der Waals surface area contributed by atoms with Crippen LogP contribution in [-0.4, -0.2) is 17.0 Å². The first-order valence-electron chi connectivity index (χ1n) is 7.04. The van der Waals surface area contributed by atoms with Gasteiger partial charge in [-0.15, -0.1) is 0 Å². The average molecular weight is 269 g/mol. The quantitative estimate of drug-likeness (QED) is 0.929. The summed E-state index contributed by atoms with van der Waals surface area (Å²) < 4.78 is 6.11. The molecule has 4 nitrogen and oxygen atoms in total. The molecule has 1 heterocycles. The van der Waals surface area contributed by atoms with Crippen molar-refractivity contribution in [3.63, 3.8) is 0 Å². The highest BCUT2D eigenvalue weighted by molar-refractivity contribution is 5.38. The minimum Gasteiger partial charge on any atom is -0.469 e. The number of nitrogens with zero attached hydrogens (tertiary/aromatic N) is 2. The highest BCUT2D eigenvalue weighted by Crippen LogP contribution is 2.33. The molecule has 0 saturated carbocycles. The van der Waals surface area contributed by atoms with Crippen LogP contribution in [0.2, 0.25) is 0 Å². The summed E-state index contributed by atoms with van der Waals surface area (Å²) in [6.07, 6.45) is 3.43. The largest absolute Gasteiger partial charge is 0.469 e. The first-order chi connectivity index (χ1) is 9.76. The second-order valence-electron chi connectivity index (χ2n) is 5.09. The van der Waals surface area contributed by atoms with Crippen LogP contribution < -0.4 is 10.1 Å². The zero-order valence-electron chi connectivity index (χ0n) is 11.9. The Kier molecular flexibility index (Phi) is 3.54. The molecule has 0 bridgehead atoms. The van der Waals surface area contributed by atoms with E-state index in [1.54, 1.807) is 0 Å². The van der Waals surface area contributed by atoms with Gasteiger partial charge in [0.05, 0.1) is 0 Å². The van der Waals surface area contributed by atoms with E-state index in [1.165, 1.54) is 11.1 Å². The van der Waals surface area contributed by atoms with Crippen molar-refractivity contribution in [3.8, 4) is 5.88 Å². The molecule has 104 valence electrons. The van der Waals surface area contributed by atoms with Crippen LogP contribution in [-0.2, 0) is 6.42 Å². The number of anilines is 1. The number of rotatable bonds is 3. The molecular formula is C16H19N3O. The fraction of sp³-hybridized carbons (Fsp3) is 0.375. The van der Waals surface area contributed by atoms with E-state index in [2.05, 4.69) is 39.6 Å². The Morgan fingerprint density at radius 2 is 2.10 bits per heavy atom. The molecule has 1 aliphatic rings. The fourth-order valence-electron chi connectivity index (χ4n) is 2.71. The Hall–Kier alpha value is -2.10. The lowest BCUT2D eigenvalue weighted by molar-refractivity contribution is 0.175. The van der Waals surface area contributed by atoms with Crippen LogP contribution in [0, 0.1) is 6.92 Å². The number of benzene rings is 1. The summed E-state index contributed by atoms with van der Waals surface area (Å²) in [5.41, 5.74) is 2.68. The van der Waals surface area contributed by atoms with Crippen LogP contribution in [0.4, 0.5) is 5.82 Å².